The summed E-state index contributed by atoms with van der Waals surface area (Å²) in [5, 5.41) is 3.38. The molecule has 0 saturated carbocycles. The maximum atomic E-state index is 12.2. The number of likely N-dealkylation sites (tertiary alicyclic amines) is 1. The number of likely N-dealkylation sites (N-methyl/N-ethyl adjacent to an activating group) is 1. The predicted molar refractivity (Wildman–Crippen MR) is 78.5 cm³/mol. The summed E-state index contributed by atoms with van der Waals surface area (Å²) in [5.74, 6) is -0.139. The van der Waals surface area contributed by atoms with Crippen LogP contribution in [0.4, 0.5) is 5.69 Å². The third-order valence-electron chi connectivity index (χ3n) is 3.56. The molecule has 104 valence electrons. The fraction of sp³-hybridized carbons (Fsp3) is 0.500. The van der Waals surface area contributed by atoms with Gasteiger partial charge in [-0.05, 0) is 38.1 Å². The largest absolute Gasteiger partial charge is 0.398 e. The highest BCUT2D eigenvalue weighted by atomic mass is 35.5. The molecule has 0 bridgehead atoms. The summed E-state index contributed by atoms with van der Waals surface area (Å²) < 4.78 is 0. The second kappa shape index (κ2) is 6.26. The van der Waals surface area contributed by atoms with Gasteiger partial charge in [-0.15, -0.1) is 0 Å². The van der Waals surface area contributed by atoms with Gasteiger partial charge in [0.1, 0.15) is 0 Å². The number of halogens is 1. The van der Waals surface area contributed by atoms with Gasteiger partial charge in [0.15, 0.2) is 0 Å². The van der Waals surface area contributed by atoms with Gasteiger partial charge in [-0.2, -0.15) is 0 Å². The maximum absolute atomic E-state index is 12.2. The molecule has 4 nitrogen and oxygen atoms in total. The van der Waals surface area contributed by atoms with E-state index in [0.717, 1.165) is 32.5 Å². The van der Waals surface area contributed by atoms with E-state index in [2.05, 4.69) is 17.1 Å². The van der Waals surface area contributed by atoms with Crippen LogP contribution in [0.1, 0.15) is 30.1 Å². The summed E-state index contributed by atoms with van der Waals surface area (Å²) >= 11 is 6.07. The number of hydrogen-bond acceptors (Lipinski definition) is 3. The molecule has 2 rings (SSSR count). The molecule has 1 heterocycles. The first kappa shape index (κ1) is 14.2. The van der Waals surface area contributed by atoms with Crippen molar-refractivity contribution in [3.8, 4) is 0 Å². The van der Waals surface area contributed by atoms with Crippen LogP contribution in [0.5, 0.6) is 0 Å². The fourth-order valence-corrected chi connectivity index (χ4v) is 2.66. The zero-order chi connectivity index (χ0) is 13.8. The number of nitrogens with one attached hydrogen (secondary N) is 1. The minimum Gasteiger partial charge on any atom is -0.398 e. The highest BCUT2D eigenvalue weighted by Gasteiger charge is 2.21. The van der Waals surface area contributed by atoms with Crippen molar-refractivity contribution in [1.82, 2.24) is 10.2 Å². The Morgan fingerprint density at radius 3 is 3.11 bits per heavy atom. The second-order valence-electron chi connectivity index (χ2n) is 4.91. The van der Waals surface area contributed by atoms with Crippen molar-refractivity contribution in [2.75, 3.05) is 25.4 Å². The lowest BCUT2D eigenvalue weighted by molar-refractivity contribution is 0.0906. The van der Waals surface area contributed by atoms with Crippen LogP contribution in [0.25, 0.3) is 0 Å². The molecule has 1 aliphatic heterocycles. The Morgan fingerprint density at radius 1 is 1.58 bits per heavy atom. The van der Waals surface area contributed by atoms with E-state index in [4.69, 9.17) is 17.3 Å². The average molecular weight is 282 g/mol. The normalized spacial score (nSPS) is 20.2. The maximum Gasteiger partial charge on any atom is 0.253 e. The van der Waals surface area contributed by atoms with Gasteiger partial charge >= 0.3 is 0 Å². The number of piperidine rings is 1. The molecule has 0 radical (unpaired) electrons. The van der Waals surface area contributed by atoms with E-state index in [-0.39, 0.29) is 11.9 Å². The van der Waals surface area contributed by atoms with Crippen LogP contribution < -0.4 is 11.1 Å². The van der Waals surface area contributed by atoms with Crippen LogP contribution in [-0.2, 0) is 0 Å². The molecule has 1 atom stereocenters. The number of nitrogen functional groups attached to an aromatic ring is 1. The molecule has 1 amide bonds. The van der Waals surface area contributed by atoms with E-state index in [1.165, 1.54) is 0 Å². The molecule has 19 heavy (non-hydrogen) atoms. The third kappa shape index (κ3) is 3.39. The van der Waals surface area contributed by atoms with Gasteiger partial charge in [0.2, 0.25) is 0 Å². The lowest BCUT2D eigenvalue weighted by Gasteiger charge is -2.32. The van der Waals surface area contributed by atoms with E-state index in [9.17, 15) is 4.79 Å². The van der Waals surface area contributed by atoms with Crippen LogP contribution in [0.2, 0.25) is 5.02 Å². The molecule has 1 fully saturated rings. The molecule has 1 aliphatic rings. The lowest BCUT2D eigenvalue weighted by Crippen LogP contribution is -2.47. The number of carbonyl (C=O) groups is 1. The summed E-state index contributed by atoms with van der Waals surface area (Å²) in [6.07, 6.45) is 2.13. The standard InChI is InChI=1S/C14H20ClN3O/c1-2-18-8-4-5-10(9-18)17-14(19)11-6-3-7-12(16)13(11)15/h3,6-7,10H,2,4-5,8-9,16H2,1H3,(H,17,19). The lowest BCUT2D eigenvalue weighted by atomic mass is 10.0. The van der Waals surface area contributed by atoms with E-state index in [1.807, 2.05) is 0 Å². The Hall–Kier alpha value is -1.26. The molecule has 0 aliphatic carbocycles. The first-order valence-electron chi connectivity index (χ1n) is 6.69. The highest BCUT2D eigenvalue weighted by Crippen LogP contribution is 2.23. The van der Waals surface area contributed by atoms with Crippen LogP contribution >= 0.6 is 11.6 Å². The van der Waals surface area contributed by atoms with Gasteiger partial charge < -0.3 is 16.0 Å². The van der Waals surface area contributed by atoms with Gasteiger partial charge in [-0.1, -0.05) is 24.6 Å². The SMILES string of the molecule is CCN1CCCC(NC(=O)c2cccc(N)c2Cl)C1. The molecule has 1 unspecified atom stereocenters. The molecule has 0 aromatic heterocycles. The molecule has 1 aromatic rings. The molecule has 3 N–H and O–H groups in total. The number of rotatable bonds is 3. The van der Waals surface area contributed by atoms with Gasteiger partial charge in [-0.3, -0.25) is 4.79 Å². The summed E-state index contributed by atoms with van der Waals surface area (Å²) in [6.45, 7) is 5.18. The summed E-state index contributed by atoms with van der Waals surface area (Å²) in [7, 11) is 0. The van der Waals surface area contributed by atoms with Gasteiger partial charge in [0.05, 0.1) is 16.3 Å². The Labute approximate surface area is 118 Å². The van der Waals surface area contributed by atoms with Gasteiger partial charge in [-0.25, -0.2) is 0 Å². The van der Waals surface area contributed by atoms with Crippen molar-refractivity contribution in [3.05, 3.63) is 28.8 Å². The van der Waals surface area contributed by atoms with Gasteiger partial charge in [0, 0.05) is 12.6 Å². The minimum absolute atomic E-state index is 0.139. The van der Waals surface area contributed by atoms with Gasteiger partial charge in [0.25, 0.3) is 5.91 Å². The fourth-order valence-electron chi connectivity index (χ4n) is 2.45. The molecule has 1 aromatic carbocycles. The van der Waals surface area contributed by atoms with Crippen LogP contribution in [0.3, 0.4) is 0 Å². The molecule has 1 saturated heterocycles. The predicted octanol–water partition coefficient (Wildman–Crippen LogP) is 2.14. The number of hydrogen-bond donors (Lipinski definition) is 2. The Bertz CT molecular complexity index is 464. The zero-order valence-corrected chi connectivity index (χ0v) is 11.9. The van der Waals surface area contributed by atoms with Crippen LogP contribution in [0.15, 0.2) is 18.2 Å². The number of amides is 1. The van der Waals surface area contributed by atoms with Crippen molar-refractivity contribution in [3.63, 3.8) is 0 Å². The first-order chi connectivity index (χ1) is 9.11. The number of anilines is 1. The average Bonchev–Trinajstić information content (AvgIpc) is 2.42. The smallest absolute Gasteiger partial charge is 0.253 e. The van der Waals surface area contributed by atoms with E-state index in [1.54, 1.807) is 18.2 Å². The van der Waals surface area contributed by atoms with Crippen molar-refractivity contribution < 1.29 is 4.79 Å². The Balaban J connectivity index is 2.02. The topological polar surface area (TPSA) is 58.4 Å². The summed E-state index contributed by atoms with van der Waals surface area (Å²) in [6, 6.07) is 5.33. The first-order valence-corrected chi connectivity index (χ1v) is 7.06. The highest BCUT2D eigenvalue weighted by molar-refractivity contribution is 6.36. The van der Waals surface area contributed by atoms with Crippen LogP contribution in [0, 0.1) is 0 Å². The third-order valence-corrected chi connectivity index (χ3v) is 3.98. The quantitative estimate of drug-likeness (QED) is 0.835. The van der Waals surface area contributed by atoms with Crippen molar-refractivity contribution in [2.45, 2.75) is 25.8 Å². The minimum atomic E-state index is -0.139. The summed E-state index contributed by atoms with van der Waals surface area (Å²) in [5.41, 5.74) is 6.61. The van der Waals surface area contributed by atoms with E-state index >= 15 is 0 Å². The van der Waals surface area contributed by atoms with Crippen molar-refractivity contribution in [2.24, 2.45) is 0 Å². The monoisotopic (exact) mass is 281 g/mol. The number of nitrogens with zero attached hydrogens (tertiary/aromatic N) is 1. The van der Waals surface area contributed by atoms with Crippen molar-refractivity contribution >= 4 is 23.2 Å². The molecule has 5 heteroatoms. The number of carbonyl (C=O) groups excluding carboxylic acids is 1. The second-order valence-corrected chi connectivity index (χ2v) is 5.29. The summed E-state index contributed by atoms with van der Waals surface area (Å²) in [4.78, 5) is 14.6. The van der Waals surface area contributed by atoms with Crippen LogP contribution in [-0.4, -0.2) is 36.5 Å². The molecular weight excluding hydrogens is 262 g/mol. The Morgan fingerprint density at radius 2 is 2.37 bits per heavy atom. The number of nitrogens with two attached hydrogens (primary N) is 1. The van der Waals surface area contributed by atoms with E-state index < -0.39 is 0 Å². The zero-order valence-electron chi connectivity index (χ0n) is 11.2. The number of benzene rings is 1. The molecule has 0 spiro atoms. The molecular formula is C14H20ClN3O. The van der Waals surface area contributed by atoms with Crippen molar-refractivity contribution in [1.29, 1.82) is 0 Å². The Kier molecular flexibility index (Phi) is 4.66. The van der Waals surface area contributed by atoms with E-state index in [0.29, 0.717) is 16.3 Å².